The molecule has 1 amide bonds. The predicted molar refractivity (Wildman–Crippen MR) is 80.3 cm³/mol. The number of fused-ring (bicyclic) bond motifs is 1. The van der Waals surface area contributed by atoms with Crippen LogP contribution >= 0.6 is 11.6 Å². The zero-order valence-electron chi connectivity index (χ0n) is 11.7. The van der Waals surface area contributed by atoms with E-state index < -0.39 is 0 Å². The van der Waals surface area contributed by atoms with E-state index in [0.29, 0.717) is 11.7 Å². The first-order chi connectivity index (χ1) is 9.52. The van der Waals surface area contributed by atoms with Gasteiger partial charge in [0.1, 0.15) is 5.58 Å². The Kier molecular flexibility index (Phi) is 3.47. The van der Waals surface area contributed by atoms with Gasteiger partial charge in [0.25, 0.3) is 5.91 Å². The van der Waals surface area contributed by atoms with Crippen LogP contribution in [-0.2, 0) is 0 Å². The third-order valence-electron chi connectivity index (χ3n) is 3.94. The van der Waals surface area contributed by atoms with E-state index >= 15 is 0 Å². The number of aryl methyl sites for hydroxylation is 1. The Hall–Kier alpha value is -1.48. The molecule has 4 heteroatoms. The average molecular weight is 292 g/mol. The standard InChI is InChI=1S/C16H18ClNO2/c1-10-3-4-14-12(5-10)8-15(20-14)16(19)18(2)9-11-6-13(17)7-11/h3-5,8,11,13H,6-7,9H2,1-2H3. The summed E-state index contributed by atoms with van der Waals surface area (Å²) in [4.78, 5) is 14.1. The Morgan fingerprint density at radius 2 is 2.15 bits per heavy atom. The number of carbonyl (C=O) groups is 1. The van der Waals surface area contributed by atoms with Crippen LogP contribution in [0.2, 0.25) is 0 Å². The summed E-state index contributed by atoms with van der Waals surface area (Å²) in [5.41, 5.74) is 1.92. The van der Waals surface area contributed by atoms with Crippen LogP contribution in [0.25, 0.3) is 11.0 Å². The Morgan fingerprint density at radius 1 is 1.40 bits per heavy atom. The molecule has 0 atom stereocenters. The van der Waals surface area contributed by atoms with Crippen molar-refractivity contribution in [1.29, 1.82) is 0 Å². The van der Waals surface area contributed by atoms with Crippen molar-refractivity contribution in [2.24, 2.45) is 5.92 Å². The summed E-state index contributed by atoms with van der Waals surface area (Å²) < 4.78 is 5.64. The first-order valence-electron chi connectivity index (χ1n) is 6.92. The van der Waals surface area contributed by atoms with Gasteiger partial charge in [0, 0.05) is 24.4 Å². The van der Waals surface area contributed by atoms with E-state index in [1.165, 1.54) is 0 Å². The third kappa shape index (κ3) is 2.55. The summed E-state index contributed by atoms with van der Waals surface area (Å²) in [5.74, 6) is 0.879. The van der Waals surface area contributed by atoms with E-state index in [-0.39, 0.29) is 11.3 Å². The molecular weight excluding hydrogens is 274 g/mol. The van der Waals surface area contributed by atoms with Gasteiger partial charge >= 0.3 is 0 Å². The first kappa shape index (κ1) is 13.5. The van der Waals surface area contributed by atoms with E-state index in [1.54, 1.807) is 4.90 Å². The summed E-state index contributed by atoms with van der Waals surface area (Å²) in [7, 11) is 1.82. The molecule has 20 heavy (non-hydrogen) atoms. The van der Waals surface area contributed by atoms with Crippen LogP contribution in [-0.4, -0.2) is 29.8 Å². The van der Waals surface area contributed by atoms with Gasteiger partial charge in [0.15, 0.2) is 5.76 Å². The van der Waals surface area contributed by atoms with Crippen LogP contribution in [0.5, 0.6) is 0 Å². The summed E-state index contributed by atoms with van der Waals surface area (Å²) in [6.07, 6.45) is 2.00. The second-order valence-corrected chi connectivity index (χ2v) is 6.39. The van der Waals surface area contributed by atoms with E-state index in [4.69, 9.17) is 16.0 Å². The van der Waals surface area contributed by atoms with Crippen molar-refractivity contribution in [1.82, 2.24) is 4.90 Å². The van der Waals surface area contributed by atoms with Crippen LogP contribution in [0.4, 0.5) is 0 Å². The molecule has 0 bridgehead atoms. The Morgan fingerprint density at radius 3 is 2.85 bits per heavy atom. The molecular formula is C16H18ClNO2. The van der Waals surface area contributed by atoms with Crippen molar-refractivity contribution < 1.29 is 9.21 Å². The normalized spacial score (nSPS) is 21.8. The molecule has 1 aromatic heterocycles. The smallest absolute Gasteiger partial charge is 0.289 e. The van der Waals surface area contributed by atoms with Gasteiger partial charge in [-0.25, -0.2) is 0 Å². The lowest BCUT2D eigenvalue weighted by Crippen LogP contribution is -2.37. The average Bonchev–Trinajstić information content (AvgIpc) is 2.78. The SMILES string of the molecule is Cc1ccc2oc(C(=O)N(C)CC3CC(Cl)C3)cc2c1. The zero-order valence-corrected chi connectivity index (χ0v) is 12.5. The van der Waals surface area contributed by atoms with Crippen LogP contribution in [0.15, 0.2) is 28.7 Å². The number of carbonyl (C=O) groups excluding carboxylic acids is 1. The maximum Gasteiger partial charge on any atom is 0.289 e. The molecule has 0 unspecified atom stereocenters. The van der Waals surface area contributed by atoms with Crippen LogP contribution in [0, 0.1) is 12.8 Å². The number of halogens is 1. The Bertz CT molecular complexity index is 643. The number of rotatable bonds is 3. The van der Waals surface area contributed by atoms with E-state index in [0.717, 1.165) is 35.9 Å². The highest BCUT2D eigenvalue weighted by Gasteiger charge is 2.29. The third-order valence-corrected chi connectivity index (χ3v) is 4.30. The number of alkyl halides is 1. The molecule has 3 nitrogen and oxygen atoms in total. The number of benzene rings is 1. The molecule has 1 aliphatic carbocycles. The molecule has 1 aliphatic rings. The lowest BCUT2D eigenvalue weighted by Gasteiger charge is -2.33. The highest BCUT2D eigenvalue weighted by Crippen LogP contribution is 2.32. The Labute approximate surface area is 123 Å². The summed E-state index contributed by atoms with van der Waals surface area (Å²) in [6, 6.07) is 7.75. The quantitative estimate of drug-likeness (QED) is 0.805. The Balaban J connectivity index is 1.74. The summed E-state index contributed by atoms with van der Waals surface area (Å²) >= 11 is 5.97. The van der Waals surface area contributed by atoms with Gasteiger partial charge in [-0.3, -0.25) is 4.79 Å². The van der Waals surface area contributed by atoms with Gasteiger partial charge in [0.05, 0.1) is 0 Å². The minimum Gasteiger partial charge on any atom is -0.451 e. The number of nitrogens with zero attached hydrogens (tertiary/aromatic N) is 1. The maximum absolute atomic E-state index is 12.4. The van der Waals surface area contributed by atoms with Gasteiger partial charge in [-0.1, -0.05) is 11.6 Å². The molecule has 2 aromatic rings. The minimum atomic E-state index is -0.0584. The molecule has 0 saturated heterocycles. The maximum atomic E-state index is 12.4. The second kappa shape index (κ2) is 5.13. The minimum absolute atomic E-state index is 0.0584. The number of amides is 1. The number of hydrogen-bond donors (Lipinski definition) is 0. The van der Waals surface area contributed by atoms with Gasteiger partial charge in [0.2, 0.25) is 0 Å². The van der Waals surface area contributed by atoms with Crippen molar-refractivity contribution in [3.05, 3.63) is 35.6 Å². The summed E-state index contributed by atoms with van der Waals surface area (Å²) in [5, 5.41) is 1.27. The van der Waals surface area contributed by atoms with Gasteiger partial charge < -0.3 is 9.32 Å². The fourth-order valence-electron chi connectivity index (χ4n) is 2.73. The summed E-state index contributed by atoms with van der Waals surface area (Å²) in [6.45, 7) is 2.78. The van der Waals surface area contributed by atoms with Gasteiger partial charge in [-0.15, -0.1) is 11.6 Å². The van der Waals surface area contributed by atoms with Crippen molar-refractivity contribution in [2.45, 2.75) is 25.1 Å². The molecule has 1 saturated carbocycles. The van der Waals surface area contributed by atoms with Crippen LogP contribution < -0.4 is 0 Å². The molecule has 1 aromatic carbocycles. The van der Waals surface area contributed by atoms with E-state index in [1.807, 2.05) is 38.2 Å². The lowest BCUT2D eigenvalue weighted by molar-refractivity contribution is 0.0718. The lowest BCUT2D eigenvalue weighted by atomic mass is 9.84. The molecule has 0 radical (unpaired) electrons. The molecule has 3 rings (SSSR count). The number of hydrogen-bond acceptors (Lipinski definition) is 2. The largest absolute Gasteiger partial charge is 0.451 e. The molecule has 1 heterocycles. The highest BCUT2D eigenvalue weighted by atomic mass is 35.5. The fraction of sp³-hybridized carbons (Fsp3) is 0.438. The second-order valence-electron chi connectivity index (χ2n) is 5.77. The predicted octanol–water partition coefficient (Wildman–Crippen LogP) is 3.83. The fourth-order valence-corrected chi connectivity index (χ4v) is 3.23. The topological polar surface area (TPSA) is 33.5 Å². The van der Waals surface area contributed by atoms with Crippen LogP contribution in [0.1, 0.15) is 29.0 Å². The van der Waals surface area contributed by atoms with E-state index in [2.05, 4.69) is 0 Å². The van der Waals surface area contributed by atoms with E-state index in [9.17, 15) is 4.79 Å². The highest BCUT2D eigenvalue weighted by molar-refractivity contribution is 6.21. The monoisotopic (exact) mass is 291 g/mol. The molecule has 0 spiro atoms. The molecule has 0 N–H and O–H groups in total. The first-order valence-corrected chi connectivity index (χ1v) is 7.36. The van der Waals surface area contributed by atoms with Crippen molar-refractivity contribution in [3.8, 4) is 0 Å². The van der Waals surface area contributed by atoms with Crippen LogP contribution in [0.3, 0.4) is 0 Å². The van der Waals surface area contributed by atoms with Gasteiger partial charge in [-0.2, -0.15) is 0 Å². The molecule has 0 aliphatic heterocycles. The van der Waals surface area contributed by atoms with Crippen molar-refractivity contribution in [3.63, 3.8) is 0 Å². The zero-order chi connectivity index (χ0) is 14.3. The molecule has 1 fully saturated rings. The van der Waals surface area contributed by atoms with Crippen molar-refractivity contribution >= 4 is 28.5 Å². The van der Waals surface area contributed by atoms with Crippen molar-refractivity contribution in [2.75, 3.05) is 13.6 Å². The number of furan rings is 1. The molecule has 106 valence electrons. The van der Waals surface area contributed by atoms with Gasteiger partial charge in [-0.05, 0) is 43.9 Å².